The van der Waals surface area contributed by atoms with Crippen LogP contribution in [0.4, 0.5) is 22.9 Å². The summed E-state index contributed by atoms with van der Waals surface area (Å²) in [5.41, 5.74) is 15.5. The maximum Gasteiger partial charge on any atom is 0.409 e. The largest absolute Gasteiger partial charge is 0.510 e. The van der Waals surface area contributed by atoms with Crippen molar-refractivity contribution in [1.82, 2.24) is 9.55 Å². The van der Waals surface area contributed by atoms with Gasteiger partial charge in [0.15, 0.2) is 0 Å². The van der Waals surface area contributed by atoms with E-state index in [1.165, 1.54) is 39.0 Å². The molecule has 0 bridgehead atoms. The minimum Gasteiger partial charge on any atom is -0.510 e. The predicted octanol–water partition coefficient (Wildman–Crippen LogP) is 9.41. The van der Waals surface area contributed by atoms with E-state index in [0.29, 0.717) is 11.5 Å². The fraction of sp³-hybridized carbons (Fsp3) is 0.106. The third kappa shape index (κ3) is 4.79. The zero-order chi connectivity index (χ0) is 36.3. The number of para-hydroxylation sites is 3. The van der Waals surface area contributed by atoms with Crippen LogP contribution < -0.4 is 24.4 Å². The van der Waals surface area contributed by atoms with Gasteiger partial charge in [-0.25, -0.2) is 4.98 Å². The first-order valence-electron chi connectivity index (χ1n) is 18.4. The van der Waals surface area contributed by atoms with Crippen LogP contribution in [0.15, 0.2) is 134 Å². The van der Waals surface area contributed by atoms with Gasteiger partial charge in [-0.15, -0.1) is 35.9 Å². The Morgan fingerprint density at radius 2 is 1.38 bits per heavy atom. The van der Waals surface area contributed by atoms with Crippen LogP contribution in [0.25, 0.3) is 33.5 Å². The van der Waals surface area contributed by atoms with Gasteiger partial charge in [-0.3, -0.25) is 4.57 Å². The molecule has 0 saturated carbocycles. The summed E-state index contributed by atoms with van der Waals surface area (Å²) in [6.45, 7) is 8.80. The molecule has 0 fully saturated rings. The van der Waals surface area contributed by atoms with E-state index in [1.54, 1.807) is 0 Å². The first kappa shape index (κ1) is 33.6. The van der Waals surface area contributed by atoms with Gasteiger partial charge in [0.25, 0.3) is 6.33 Å². The van der Waals surface area contributed by atoms with Crippen molar-refractivity contribution in [2.45, 2.75) is 33.1 Å². The van der Waals surface area contributed by atoms with Gasteiger partial charge in [-0.1, -0.05) is 104 Å². The number of benzene rings is 6. The van der Waals surface area contributed by atoms with Crippen molar-refractivity contribution >= 4 is 46.4 Å². The van der Waals surface area contributed by atoms with Crippen LogP contribution in [0, 0.1) is 32.3 Å². The number of nitrogens with zero attached hydrogens (tertiary/aromatic N) is 5. The normalized spacial score (nSPS) is 14.1. The molecule has 0 spiro atoms. The van der Waals surface area contributed by atoms with Crippen molar-refractivity contribution in [3.63, 3.8) is 0 Å². The fourth-order valence-electron chi connectivity index (χ4n) is 9.02. The molecule has 0 saturated heterocycles. The number of ether oxygens (including phenoxy) is 1. The molecule has 8 heteroatoms. The van der Waals surface area contributed by atoms with Gasteiger partial charge in [0.05, 0.1) is 16.7 Å². The van der Waals surface area contributed by atoms with E-state index < -0.39 is 0 Å². The Kier molecular flexibility index (Phi) is 7.53. The van der Waals surface area contributed by atoms with Gasteiger partial charge >= 0.3 is 6.98 Å². The van der Waals surface area contributed by atoms with Crippen LogP contribution in [0.1, 0.15) is 36.1 Å². The Bertz CT molecular complexity index is 2830. The summed E-state index contributed by atoms with van der Waals surface area (Å²) in [5, 5.41) is 0. The maximum atomic E-state index is 6.73. The Balaban J connectivity index is 0.00000372. The van der Waals surface area contributed by atoms with Crippen molar-refractivity contribution in [2.24, 2.45) is 0 Å². The summed E-state index contributed by atoms with van der Waals surface area (Å²) >= 11 is 0. The number of fused-ring (bicyclic) bond motifs is 10. The molecule has 0 aliphatic carbocycles. The molecule has 0 atom stereocenters. The Labute approximate surface area is 335 Å². The van der Waals surface area contributed by atoms with Crippen LogP contribution >= 0.6 is 0 Å². The van der Waals surface area contributed by atoms with Gasteiger partial charge in [0.2, 0.25) is 0 Å². The molecule has 11 rings (SSSR count). The number of hydrogen-bond acceptors (Lipinski definition) is 4. The molecule has 8 aromatic rings. The molecule has 268 valence electrons. The molecule has 0 radical (unpaired) electrons. The van der Waals surface area contributed by atoms with Crippen LogP contribution in [0.2, 0.25) is 0 Å². The summed E-state index contributed by atoms with van der Waals surface area (Å²) in [4.78, 5) is 9.78. The molecular formula is C47H34BN5OPt-2. The maximum absolute atomic E-state index is 6.73. The Morgan fingerprint density at radius 1 is 0.673 bits per heavy atom. The number of rotatable bonds is 4. The van der Waals surface area contributed by atoms with E-state index in [2.05, 4.69) is 168 Å². The molecule has 55 heavy (non-hydrogen) atoms. The third-order valence-corrected chi connectivity index (χ3v) is 11.5. The molecule has 2 aromatic heterocycles. The van der Waals surface area contributed by atoms with E-state index in [1.807, 2.05) is 30.5 Å². The molecule has 0 unspecified atom stereocenters. The van der Waals surface area contributed by atoms with Gasteiger partial charge in [-0.2, -0.15) is 6.07 Å². The number of anilines is 4. The number of imidazole rings is 1. The Morgan fingerprint density at radius 3 is 2.20 bits per heavy atom. The van der Waals surface area contributed by atoms with E-state index in [4.69, 9.17) is 9.72 Å². The molecule has 3 aliphatic rings. The van der Waals surface area contributed by atoms with Crippen molar-refractivity contribution in [1.29, 1.82) is 0 Å². The van der Waals surface area contributed by atoms with Gasteiger partial charge in [0, 0.05) is 50.0 Å². The zero-order valence-electron chi connectivity index (χ0n) is 30.7. The second-order valence-electron chi connectivity index (χ2n) is 15.0. The van der Waals surface area contributed by atoms with E-state index in [-0.39, 0.29) is 33.5 Å². The predicted molar refractivity (Wildman–Crippen MR) is 215 cm³/mol. The van der Waals surface area contributed by atoms with Crippen LogP contribution in [0.3, 0.4) is 0 Å². The third-order valence-electron chi connectivity index (χ3n) is 11.5. The molecule has 5 heterocycles. The Hall–Kier alpha value is -5.91. The fourth-order valence-corrected chi connectivity index (χ4v) is 9.02. The monoisotopic (exact) mass is 890 g/mol. The SMILES string of the molecule is Cc1cccc(C)c1N1B2c3ccccc3-c3cccnc3N2c2[c-]c(Oc3[c-]c4c(cc3)C(C)(C)c3cccc5c3n-4[c-][n+]5-c3ccccc3)ccc21.[Pt]. The molecule has 3 aliphatic heterocycles. The van der Waals surface area contributed by atoms with Crippen molar-refractivity contribution in [3.05, 3.63) is 174 Å². The van der Waals surface area contributed by atoms with Gasteiger partial charge < -0.3 is 18.9 Å². The number of aromatic nitrogens is 3. The van der Waals surface area contributed by atoms with Crippen LogP contribution in [0.5, 0.6) is 11.5 Å². The average Bonchev–Trinajstić information content (AvgIpc) is 3.75. The second kappa shape index (κ2) is 12.3. The topological polar surface area (TPSA) is 37.4 Å². The van der Waals surface area contributed by atoms with E-state index in [9.17, 15) is 0 Å². The van der Waals surface area contributed by atoms with Crippen LogP contribution in [-0.2, 0) is 26.5 Å². The van der Waals surface area contributed by atoms with Crippen molar-refractivity contribution < 1.29 is 30.4 Å². The summed E-state index contributed by atoms with van der Waals surface area (Å²) in [6, 6.07) is 52.1. The first-order chi connectivity index (χ1) is 26.4. The van der Waals surface area contributed by atoms with E-state index in [0.717, 1.165) is 45.2 Å². The standard InChI is InChI=1S/C47H34BN5O.Pt/c1-30-13-10-14-31(2)44(30)52-40-25-23-34(28-43(40)53-46-36(18-12-26-49-46)35-17-8-9-20-39(35)48(52)53)54-33-22-24-37-42(27-33)51-29-50(32-15-6-5-7-16-32)41-21-11-19-38(45(41)51)47(37,3)4;/h5-26H,1-4H3;/q-2;. The van der Waals surface area contributed by atoms with Crippen molar-refractivity contribution in [3.8, 4) is 34.0 Å². The number of hydrogen-bond donors (Lipinski definition) is 0. The minimum atomic E-state index is -0.253. The summed E-state index contributed by atoms with van der Waals surface area (Å²) in [6.07, 6.45) is 5.54. The van der Waals surface area contributed by atoms with Crippen molar-refractivity contribution in [2.75, 3.05) is 9.62 Å². The minimum absolute atomic E-state index is 0. The first-order valence-corrected chi connectivity index (χ1v) is 18.4. The smallest absolute Gasteiger partial charge is 0.409 e. The van der Waals surface area contributed by atoms with Gasteiger partial charge in [-0.05, 0) is 76.9 Å². The molecule has 6 nitrogen and oxygen atoms in total. The average molecular weight is 891 g/mol. The molecule has 6 aromatic carbocycles. The summed E-state index contributed by atoms with van der Waals surface area (Å²) < 4.78 is 11.0. The summed E-state index contributed by atoms with van der Waals surface area (Å²) in [7, 11) is 0. The quantitative estimate of drug-likeness (QED) is 0.100. The zero-order valence-corrected chi connectivity index (χ0v) is 33.0. The molecule has 0 amide bonds. The second-order valence-corrected chi connectivity index (χ2v) is 15.0. The van der Waals surface area contributed by atoms with Gasteiger partial charge in [0.1, 0.15) is 5.82 Å². The molecular weight excluding hydrogens is 856 g/mol. The van der Waals surface area contributed by atoms with Crippen LogP contribution in [-0.4, -0.2) is 16.5 Å². The number of aryl methyl sites for hydroxylation is 2. The van der Waals surface area contributed by atoms with E-state index >= 15 is 0 Å². The summed E-state index contributed by atoms with van der Waals surface area (Å²) in [5.74, 6) is 2.13. The molecule has 0 N–H and O–H groups in total. The number of pyridine rings is 1.